The normalized spacial score (nSPS) is 16.8. The summed E-state index contributed by atoms with van der Waals surface area (Å²) in [6, 6.07) is 13.0. The first-order valence-corrected chi connectivity index (χ1v) is 11.0. The summed E-state index contributed by atoms with van der Waals surface area (Å²) in [7, 11) is 0. The van der Waals surface area contributed by atoms with Crippen LogP contribution in [0.1, 0.15) is 57.1 Å². The number of carbonyl (C=O) groups excluding carboxylic acids is 4. The molecule has 7 heteroatoms. The summed E-state index contributed by atoms with van der Waals surface area (Å²) < 4.78 is 10.2. The predicted octanol–water partition coefficient (Wildman–Crippen LogP) is 4.15. The number of hydrogen-bond donors (Lipinski definition) is 0. The Kier molecular flexibility index (Phi) is 6.40. The van der Waals surface area contributed by atoms with Crippen molar-refractivity contribution in [2.75, 3.05) is 0 Å². The molecule has 4 rings (SSSR count). The summed E-state index contributed by atoms with van der Waals surface area (Å²) >= 11 is 0. The van der Waals surface area contributed by atoms with Crippen LogP contribution in [0.25, 0.3) is 11.1 Å². The van der Waals surface area contributed by atoms with Gasteiger partial charge in [-0.15, -0.1) is 0 Å². The number of nitrogens with zero attached hydrogens (tertiary/aromatic N) is 1. The molecule has 1 heterocycles. The Bertz CT molecular complexity index is 1040. The zero-order chi connectivity index (χ0) is 23.5. The Morgan fingerprint density at radius 3 is 1.45 bits per heavy atom. The molecule has 7 nitrogen and oxygen atoms in total. The zero-order valence-corrected chi connectivity index (χ0v) is 18.6. The average Bonchev–Trinajstić information content (AvgIpc) is 3.05. The van der Waals surface area contributed by atoms with Crippen molar-refractivity contribution in [3.05, 3.63) is 59.7 Å². The van der Waals surface area contributed by atoms with Crippen LogP contribution in [0.15, 0.2) is 48.5 Å². The van der Waals surface area contributed by atoms with Crippen molar-refractivity contribution in [3.63, 3.8) is 0 Å². The Hall–Kier alpha value is -3.74. The van der Waals surface area contributed by atoms with Gasteiger partial charge in [0, 0.05) is 19.9 Å². The molecule has 1 saturated carbocycles. The van der Waals surface area contributed by atoms with Gasteiger partial charge in [0.25, 0.3) is 11.8 Å². The van der Waals surface area contributed by atoms with Gasteiger partial charge in [0.05, 0.1) is 11.1 Å². The summed E-state index contributed by atoms with van der Waals surface area (Å²) in [5, 5.41) is 0. The number of amides is 2. The van der Waals surface area contributed by atoms with Crippen molar-refractivity contribution in [2.24, 2.45) is 0 Å². The van der Waals surface area contributed by atoms with E-state index < -0.39 is 11.9 Å². The van der Waals surface area contributed by atoms with E-state index in [1.165, 1.54) is 18.7 Å². The van der Waals surface area contributed by atoms with Crippen LogP contribution in [-0.2, 0) is 19.2 Å². The Morgan fingerprint density at radius 1 is 0.697 bits per heavy atom. The van der Waals surface area contributed by atoms with Crippen LogP contribution in [0, 0.1) is 0 Å². The maximum absolute atomic E-state index is 13.6. The van der Waals surface area contributed by atoms with E-state index in [-0.39, 0.29) is 17.9 Å². The fourth-order valence-corrected chi connectivity index (χ4v) is 4.46. The Balaban J connectivity index is 1.76. The average molecular weight is 447 g/mol. The first-order valence-electron chi connectivity index (χ1n) is 11.0. The SMILES string of the molecule is CC(=O)Oc1ccc(C2=C(c3ccc(OC(C)=O)cc3)C(=O)N(C3CCCCC3)C2=O)cc1. The number of benzene rings is 2. The number of rotatable bonds is 5. The molecule has 0 atom stereocenters. The fourth-order valence-electron chi connectivity index (χ4n) is 4.46. The van der Waals surface area contributed by atoms with E-state index in [4.69, 9.17) is 9.47 Å². The molecular weight excluding hydrogens is 422 g/mol. The number of hydrogen-bond acceptors (Lipinski definition) is 6. The van der Waals surface area contributed by atoms with Gasteiger partial charge in [-0.3, -0.25) is 24.1 Å². The van der Waals surface area contributed by atoms with Crippen molar-refractivity contribution in [2.45, 2.75) is 52.0 Å². The van der Waals surface area contributed by atoms with Crippen LogP contribution in [0.2, 0.25) is 0 Å². The molecule has 1 aliphatic heterocycles. The zero-order valence-electron chi connectivity index (χ0n) is 18.6. The number of esters is 2. The van der Waals surface area contributed by atoms with Crippen molar-refractivity contribution >= 4 is 34.9 Å². The van der Waals surface area contributed by atoms with Crippen LogP contribution in [-0.4, -0.2) is 34.7 Å². The first-order chi connectivity index (χ1) is 15.8. The molecule has 1 fully saturated rings. The molecule has 0 saturated heterocycles. The van der Waals surface area contributed by atoms with Crippen molar-refractivity contribution in [3.8, 4) is 11.5 Å². The van der Waals surface area contributed by atoms with Gasteiger partial charge in [0.1, 0.15) is 11.5 Å². The molecule has 33 heavy (non-hydrogen) atoms. The van der Waals surface area contributed by atoms with E-state index in [0.29, 0.717) is 33.8 Å². The molecule has 0 unspecified atom stereocenters. The molecule has 2 amide bonds. The molecule has 1 aliphatic carbocycles. The van der Waals surface area contributed by atoms with E-state index >= 15 is 0 Å². The minimum Gasteiger partial charge on any atom is -0.427 e. The highest BCUT2D eigenvalue weighted by atomic mass is 16.5. The molecule has 2 aromatic rings. The van der Waals surface area contributed by atoms with E-state index in [0.717, 1.165) is 32.1 Å². The van der Waals surface area contributed by atoms with Gasteiger partial charge in [0.15, 0.2) is 0 Å². The lowest BCUT2D eigenvalue weighted by Crippen LogP contribution is -2.42. The van der Waals surface area contributed by atoms with Gasteiger partial charge >= 0.3 is 11.9 Å². The third-order valence-electron chi connectivity index (χ3n) is 5.86. The topological polar surface area (TPSA) is 90.0 Å². The lowest BCUT2D eigenvalue weighted by atomic mass is 9.94. The maximum Gasteiger partial charge on any atom is 0.308 e. The van der Waals surface area contributed by atoms with Crippen LogP contribution in [0.3, 0.4) is 0 Å². The van der Waals surface area contributed by atoms with E-state index in [1.54, 1.807) is 48.5 Å². The molecule has 0 radical (unpaired) electrons. The highest BCUT2D eigenvalue weighted by Gasteiger charge is 2.43. The number of imide groups is 1. The second-order valence-electron chi connectivity index (χ2n) is 8.26. The summed E-state index contributed by atoms with van der Waals surface area (Å²) in [6.45, 7) is 2.63. The minimum absolute atomic E-state index is 0.119. The summed E-state index contributed by atoms with van der Waals surface area (Å²) in [4.78, 5) is 51.0. The number of carbonyl (C=O) groups is 4. The monoisotopic (exact) mass is 447 g/mol. The van der Waals surface area contributed by atoms with Crippen molar-refractivity contribution in [1.29, 1.82) is 0 Å². The van der Waals surface area contributed by atoms with Crippen LogP contribution < -0.4 is 9.47 Å². The smallest absolute Gasteiger partial charge is 0.308 e. The predicted molar refractivity (Wildman–Crippen MR) is 121 cm³/mol. The van der Waals surface area contributed by atoms with Gasteiger partial charge in [-0.2, -0.15) is 0 Å². The molecule has 0 spiro atoms. The standard InChI is InChI=1S/C26H25NO6/c1-16(28)32-21-12-8-18(9-13-21)23-24(19-10-14-22(15-11-19)33-17(2)29)26(31)27(25(23)30)20-6-4-3-5-7-20/h8-15,20H,3-7H2,1-2H3. The Labute approximate surface area is 192 Å². The fraction of sp³-hybridized carbons (Fsp3) is 0.308. The summed E-state index contributed by atoms with van der Waals surface area (Å²) in [6.07, 6.45) is 4.68. The van der Waals surface area contributed by atoms with Gasteiger partial charge in [-0.25, -0.2) is 0 Å². The lowest BCUT2D eigenvalue weighted by Gasteiger charge is -2.30. The first kappa shape index (κ1) is 22.5. The second kappa shape index (κ2) is 9.40. The second-order valence-corrected chi connectivity index (χ2v) is 8.26. The quantitative estimate of drug-likeness (QED) is 0.389. The van der Waals surface area contributed by atoms with Gasteiger partial charge in [-0.05, 0) is 48.2 Å². The third kappa shape index (κ3) is 4.72. The van der Waals surface area contributed by atoms with Crippen molar-refractivity contribution < 1.29 is 28.7 Å². The third-order valence-corrected chi connectivity index (χ3v) is 5.86. The van der Waals surface area contributed by atoms with E-state index in [2.05, 4.69) is 0 Å². The molecule has 0 bridgehead atoms. The van der Waals surface area contributed by atoms with E-state index in [1.807, 2.05) is 0 Å². The minimum atomic E-state index is -0.439. The van der Waals surface area contributed by atoms with Crippen LogP contribution >= 0.6 is 0 Å². The molecule has 2 aliphatic rings. The molecule has 170 valence electrons. The van der Waals surface area contributed by atoms with Crippen molar-refractivity contribution in [1.82, 2.24) is 4.90 Å². The van der Waals surface area contributed by atoms with Gasteiger partial charge in [0.2, 0.25) is 0 Å². The highest BCUT2D eigenvalue weighted by molar-refractivity contribution is 6.49. The summed E-state index contributed by atoms with van der Waals surface area (Å²) in [5.74, 6) is -0.783. The molecular formula is C26H25NO6. The largest absolute Gasteiger partial charge is 0.427 e. The van der Waals surface area contributed by atoms with Gasteiger partial charge < -0.3 is 9.47 Å². The lowest BCUT2D eigenvalue weighted by molar-refractivity contribution is -0.139. The van der Waals surface area contributed by atoms with Crippen LogP contribution in [0.4, 0.5) is 0 Å². The highest BCUT2D eigenvalue weighted by Crippen LogP contribution is 2.39. The Morgan fingerprint density at radius 2 is 1.09 bits per heavy atom. The number of ether oxygens (including phenoxy) is 2. The van der Waals surface area contributed by atoms with Gasteiger partial charge in [-0.1, -0.05) is 43.5 Å². The van der Waals surface area contributed by atoms with E-state index in [9.17, 15) is 19.2 Å². The maximum atomic E-state index is 13.6. The molecule has 0 aromatic heterocycles. The van der Waals surface area contributed by atoms with Crippen LogP contribution in [0.5, 0.6) is 11.5 Å². The molecule has 2 aromatic carbocycles. The molecule has 0 N–H and O–H groups in total. The summed E-state index contributed by atoms with van der Waals surface area (Å²) in [5.41, 5.74) is 1.78.